The van der Waals surface area contributed by atoms with E-state index in [4.69, 9.17) is 14.5 Å². The molecule has 7 rings (SSSR count). The van der Waals surface area contributed by atoms with Crippen molar-refractivity contribution in [1.29, 1.82) is 0 Å². The van der Waals surface area contributed by atoms with Crippen LogP contribution >= 0.6 is 0 Å². The van der Waals surface area contributed by atoms with E-state index in [0.29, 0.717) is 6.42 Å². The molecule has 6 nitrogen and oxygen atoms in total. The van der Waals surface area contributed by atoms with Gasteiger partial charge in [0, 0.05) is 28.0 Å². The number of benzene rings is 2. The zero-order valence-electron chi connectivity index (χ0n) is 19.5. The van der Waals surface area contributed by atoms with E-state index in [9.17, 15) is 4.39 Å². The third-order valence-corrected chi connectivity index (χ3v) is 8.10. The highest BCUT2D eigenvalue weighted by atomic mass is 19.1. The molecule has 0 aliphatic heterocycles. The first-order chi connectivity index (χ1) is 17.0. The van der Waals surface area contributed by atoms with E-state index in [0.717, 1.165) is 69.1 Å². The summed E-state index contributed by atoms with van der Waals surface area (Å²) < 4.78 is 19.7. The summed E-state index contributed by atoms with van der Waals surface area (Å²) in [6, 6.07) is 13.2. The van der Waals surface area contributed by atoms with Gasteiger partial charge in [-0.2, -0.15) is 0 Å². The van der Waals surface area contributed by atoms with Gasteiger partial charge < -0.3 is 9.51 Å². The van der Waals surface area contributed by atoms with Crippen LogP contribution in [0.1, 0.15) is 53.2 Å². The molecule has 1 N–H and O–H groups in total. The number of aryl methyl sites for hydroxylation is 1. The van der Waals surface area contributed by atoms with E-state index in [1.807, 2.05) is 25.3 Å². The van der Waals surface area contributed by atoms with Crippen LogP contribution in [0.25, 0.3) is 22.3 Å². The highest BCUT2D eigenvalue weighted by Crippen LogP contribution is 2.57. The number of fused-ring (bicyclic) bond motifs is 5. The lowest BCUT2D eigenvalue weighted by molar-refractivity contribution is 0.188. The predicted octanol–water partition coefficient (Wildman–Crippen LogP) is 5.66. The number of nitrogens with one attached hydrogen (secondary N) is 1. The maximum atomic E-state index is 14.0. The summed E-state index contributed by atoms with van der Waals surface area (Å²) in [4.78, 5) is 17.7. The van der Waals surface area contributed by atoms with Crippen molar-refractivity contribution in [3.63, 3.8) is 0 Å². The molecule has 0 radical (unpaired) electrons. The number of halogens is 1. The lowest BCUT2D eigenvalue weighted by Gasteiger charge is -2.50. The normalized spacial score (nSPS) is 23.1. The average Bonchev–Trinajstić information content (AvgIpc) is 3.53. The van der Waals surface area contributed by atoms with Crippen molar-refractivity contribution in [3.05, 3.63) is 94.8 Å². The van der Waals surface area contributed by atoms with Crippen LogP contribution in [0.5, 0.6) is 0 Å². The molecule has 0 unspecified atom stereocenters. The minimum absolute atomic E-state index is 0.165. The molecule has 3 atom stereocenters. The van der Waals surface area contributed by atoms with Crippen molar-refractivity contribution in [2.24, 2.45) is 5.92 Å². The quantitative estimate of drug-likeness (QED) is 0.364. The molecule has 2 aromatic carbocycles. The molecule has 7 heteroatoms. The largest absolute Gasteiger partial charge is 0.361 e. The second-order valence-electron chi connectivity index (χ2n) is 9.89. The number of imidazole rings is 1. The Morgan fingerprint density at radius 1 is 1.11 bits per heavy atom. The molecule has 2 aliphatic carbocycles. The molecule has 0 saturated heterocycles. The van der Waals surface area contributed by atoms with Gasteiger partial charge in [0.1, 0.15) is 17.4 Å². The summed E-state index contributed by atoms with van der Waals surface area (Å²) in [5.74, 6) is 1.87. The highest BCUT2D eigenvalue weighted by molar-refractivity contribution is 5.81. The second kappa shape index (κ2) is 7.31. The smallest absolute Gasteiger partial charge is 0.143 e. The van der Waals surface area contributed by atoms with E-state index in [2.05, 4.69) is 40.2 Å². The van der Waals surface area contributed by atoms with Gasteiger partial charge >= 0.3 is 0 Å². The number of aromatic amines is 1. The van der Waals surface area contributed by atoms with E-state index >= 15 is 0 Å². The van der Waals surface area contributed by atoms with Gasteiger partial charge in [0.05, 0.1) is 34.9 Å². The number of hydrogen-bond acceptors (Lipinski definition) is 5. The van der Waals surface area contributed by atoms with Gasteiger partial charge in [-0.25, -0.2) is 19.3 Å². The Balaban J connectivity index is 1.52. The van der Waals surface area contributed by atoms with Gasteiger partial charge in [-0.3, -0.25) is 0 Å². The summed E-state index contributed by atoms with van der Waals surface area (Å²) in [6.45, 7) is 4.17. The van der Waals surface area contributed by atoms with Crippen LogP contribution in [0.2, 0.25) is 0 Å². The maximum Gasteiger partial charge on any atom is 0.143 e. The summed E-state index contributed by atoms with van der Waals surface area (Å²) in [6.07, 6.45) is 6.08. The number of nitrogens with zero attached hydrogens (tertiary/aromatic N) is 4. The van der Waals surface area contributed by atoms with E-state index in [1.54, 1.807) is 18.5 Å². The predicted molar refractivity (Wildman–Crippen MR) is 129 cm³/mol. The van der Waals surface area contributed by atoms with Gasteiger partial charge in [0.15, 0.2) is 0 Å². The monoisotopic (exact) mass is 465 g/mol. The molecular formula is C28H24FN5O. The highest BCUT2D eigenvalue weighted by Gasteiger charge is 2.54. The molecule has 0 amide bonds. The van der Waals surface area contributed by atoms with E-state index < -0.39 is 5.41 Å². The summed E-state index contributed by atoms with van der Waals surface area (Å²) in [7, 11) is 0. The van der Waals surface area contributed by atoms with Crippen molar-refractivity contribution in [2.45, 2.75) is 44.4 Å². The molecule has 174 valence electrons. The summed E-state index contributed by atoms with van der Waals surface area (Å²) in [5, 5.41) is 4.14. The molecule has 0 fully saturated rings. The molecule has 35 heavy (non-hydrogen) atoms. The first-order valence-corrected chi connectivity index (χ1v) is 12.1. The fourth-order valence-electron chi connectivity index (χ4n) is 6.59. The van der Waals surface area contributed by atoms with Gasteiger partial charge in [-0.05, 0) is 61.9 Å². The summed E-state index contributed by atoms with van der Waals surface area (Å²) >= 11 is 0. The van der Waals surface area contributed by atoms with Gasteiger partial charge in [-0.1, -0.05) is 30.3 Å². The Morgan fingerprint density at radius 3 is 2.83 bits per heavy atom. The molecule has 3 heterocycles. The summed E-state index contributed by atoms with van der Waals surface area (Å²) in [5.41, 5.74) is 7.87. The van der Waals surface area contributed by atoms with Crippen molar-refractivity contribution < 1.29 is 8.91 Å². The lowest BCUT2D eigenvalue weighted by atomic mass is 9.53. The van der Waals surface area contributed by atoms with Crippen molar-refractivity contribution in [1.82, 2.24) is 25.1 Å². The molecule has 0 bridgehead atoms. The third kappa shape index (κ3) is 2.87. The average molecular weight is 466 g/mol. The molecule has 2 aliphatic rings. The fourth-order valence-corrected chi connectivity index (χ4v) is 6.59. The molecule has 3 aromatic heterocycles. The van der Waals surface area contributed by atoms with Gasteiger partial charge in [0.2, 0.25) is 0 Å². The zero-order chi connectivity index (χ0) is 23.7. The molecule has 0 saturated carbocycles. The van der Waals surface area contributed by atoms with E-state index in [-0.39, 0.29) is 17.7 Å². The SMILES string of the molecule is Cc1nc(-c2ccc3[nH]cnc3c2)c2c(n1)[C@@]1(c3ccc(F)cc3)Cc3cnoc3[C@@H](C)[C@@H]1CC2. The lowest BCUT2D eigenvalue weighted by Crippen LogP contribution is -2.48. The Labute approximate surface area is 201 Å². The standard InChI is InChI=1S/C28H24FN5O/c1-15-22-9-8-21-25(17-3-10-23-24(11-17)31-14-30-23)33-16(2)34-27(21)28(22,12-18-13-32-35-26(15)18)19-4-6-20(29)7-5-19/h3-7,10-11,13-15,22H,8-9,12H2,1-2H3,(H,30,31)/t15-,22-,28+/m0/s1. The van der Waals surface area contributed by atoms with Crippen molar-refractivity contribution in [2.75, 3.05) is 0 Å². The number of hydrogen-bond donors (Lipinski definition) is 1. The van der Waals surface area contributed by atoms with Crippen LogP contribution in [0.15, 0.2) is 59.5 Å². The van der Waals surface area contributed by atoms with Crippen LogP contribution in [-0.2, 0) is 18.3 Å². The minimum atomic E-state index is -0.419. The second-order valence-corrected chi connectivity index (χ2v) is 9.89. The van der Waals surface area contributed by atoms with Crippen molar-refractivity contribution in [3.8, 4) is 11.3 Å². The third-order valence-electron chi connectivity index (χ3n) is 8.10. The Morgan fingerprint density at radius 2 is 1.97 bits per heavy atom. The van der Waals surface area contributed by atoms with Crippen molar-refractivity contribution >= 4 is 11.0 Å². The van der Waals surface area contributed by atoms with Gasteiger partial charge in [0.25, 0.3) is 0 Å². The molecule has 5 aromatic rings. The van der Waals surface area contributed by atoms with Crippen LogP contribution in [0, 0.1) is 18.7 Å². The number of rotatable bonds is 2. The number of H-pyrrole nitrogens is 1. The van der Waals surface area contributed by atoms with Crippen LogP contribution < -0.4 is 0 Å². The molecule has 0 spiro atoms. The van der Waals surface area contributed by atoms with E-state index in [1.165, 1.54) is 0 Å². The number of aromatic nitrogens is 5. The van der Waals surface area contributed by atoms with Crippen LogP contribution in [0.4, 0.5) is 4.39 Å². The van der Waals surface area contributed by atoms with Gasteiger partial charge in [-0.15, -0.1) is 0 Å². The minimum Gasteiger partial charge on any atom is -0.361 e. The first kappa shape index (κ1) is 20.5. The topological polar surface area (TPSA) is 80.5 Å². The molecular weight excluding hydrogens is 441 g/mol. The first-order valence-electron chi connectivity index (χ1n) is 12.1. The fraction of sp³-hybridized carbons (Fsp3) is 0.286. The van der Waals surface area contributed by atoms with Crippen LogP contribution in [0.3, 0.4) is 0 Å². The Kier molecular flexibility index (Phi) is 4.28. The van der Waals surface area contributed by atoms with Crippen LogP contribution in [-0.4, -0.2) is 25.1 Å². The Hall–Kier alpha value is -3.87. The maximum absolute atomic E-state index is 14.0. The Bertz CT molecular complexity index is 1590. The zero-order valence-corrected chi connectivity index (χ0v) is 19.5.